The minimum atomic E-state index is -0.0336. The third-order valence-corrected chi connectivity index (χ3v) is 1.85. The monoisotopic (exact) mass is 175 g/mol. The number of hydrazine groups is 1. The first kappa shape index (κ1) is 7.94. The molecular formula is C9H9N3O. The van der Waals surface area contributed by atoms with Gasteiger partial charge in [0.2, 0.25) is 5.78 Å². The molecule has 1 aliphatic rings. The Morgan fingerprint density at radius 3 is 2.54 bits per heavy atom. The van der Waals surface area contributed by atoms with Crippen LogP contribution in [0.15, 0.2) is 35.4 Å². The standard InChI is InChI=1S/C9H9N3O/c10-12-6-8(13)9(11-12)7-4-2-1-3-5-7/h1-5H,6,10H2. The van der Waals surface area contributed by atoms with E-state index in [0.29, 0.717) is 5.71 Å². The van der Waals surface area contributed by atoms with Gasteiger partial charge in [0.05, 0.1) is 0 Å². The number of carbonyl (C=O) groups is 1. The number of Topliss-reactive ketones (excluding diaryl/α,β-unsaturated/α-hetero) is 1. The molecule has 1 heterocycles. The van der Waals surface area contributed by atoms with Gasteiger partial charge in [-0.25, -0.2) is 11.0 Å². The summed E-state index contributed by atoms with van der Waals surface area (Å²) in [6.07, 6.45) is 0. The first-order valence-electron chi connectivity index (χ1n) is 3.97. The summed E-state index contributed by atoms with van der Waals surface area (Å²) in [5.74, 6) is 5.34. The molecule has 0 unspecified atom stereocenters. The molecule has 66 valence electrons. The van der Waals surface area contributed by atoms with Crippen molar-refractivity contribution in [1.29, 1.82) is 0 Å². The molecule has 0 saturated heterocycles. The van der Waals surface area contributed by atoms with E-state index in [1.165, 1.54) is 0 Å². The van der Waals surface area contributed by atoms with Crippen molar-refractivity contribution in [3.63, 3.8) is 0 Å². The summed E-state index contributed by atoms with van der Waals surface area (Å²) in [6.45, 7) is 0.171. The van der Waals surface area contributed by atoms with Crippen molar-refractivity contribution in [2.24, 2.45) is 10.9 Å². The summed E-state index contributed by atoms with van der Waals surface area (Å²) >= 11 is 0. The quantitative estimate of drug-likeness (QED) is 0.618. The minimum absolute atomic E-state index is 0.0336. The average Bonchev–Trinajstić information content (AvgIpc) is 2.47. The third kappa shape index (κ3) is 1.43. The Morgan fingerprint density at radius 2 is 2.00 bits per heavy atom. The average molecular weight is 175 g/mol. The van der Waals surface area contributed by atoms with Gasteiger partial charge in [0.1, 0.15) is 12.3 Å². The number of nitrogens with two attached hydrogens (primary N) is 1. The fraction of sp³-hybridized carbons (Fsp3) is 0.111. The molecular weight excluding hydrogens is 166 g/mol. The predicted octanol–water partition coefficient (Wildman–Crippen LogP) is 0.149. The van der Waals surface area contributed by atoms with E-state index in [-0.39, 0.29) is 12.3 Å². The number of nitrogens with zero attached hydrogens (tertiary/aromatic N) is 2. The Bertz CT molecular complexity index is 358. The third-order valence-electron chi connectivity index (χ3n) is 1.85. The van der Waals surface area contributed by atoms with Crippen LogP contribution in [0.2, 0.25) is 0 Å². The van der Waals surface area contributed by atoms with E-state index in [0.717, 1.165) is 10.7 Å². The van der Waals surface area contributed by atoms with Gasteiger partial charge in [0, 0.05) is 5.56 Å². The van der Waals surface area contributed by atoms with Crippen LogP contribution in [0, 0.1) is 0 Å². The van der Waals surface area contributed by atoms with E-state index in [1.54, 1.807) is 0 Å². The first-order chi connectivity index (χ1) is 6.27. The van der Waals surface area contributed by atoms with Gasteiger partial charge in [-0.1, -0.05) is 30.3 Å². The Kier molecular flexibility index (Phi) is 1.83. The molecule has 0 atom stereocenters. The Balaban J connectivity index is 2.37. The van der Waals surface area contributed by atoms with E-state index in [9.17, 15) is 4.79 Å². The van der Waals surface area contributed by atoms with Gasteiger partial charge in [0.25, 0.3) is 0 Å². The van der Waals surface area contributed by atoms with Crippen LogP contribution in [0.4, 0.5) is 0 Å². The van der Waals surface area contributed by atoms with Crippen LogP contribution in [-0.4, -0.2) is 23.2 Å². The van der Waals surface area contributed by atoms with Crippen molar-refractivity contribution in [3.8, 4) is 0 Å². The lowest BCUT2D eigenvalue weighted by Crippen LogP contribution is -2.25. The molecule has 0 fully saturated rings. The van der Waals surface area contributed by atoms with Crippen LogP contribution in [-0.2, 0) is 4.79 Å². The zero-order chi connectivity index (χ0) is 9.26. The molecule has 1 aliphatic heterocycles. The Morgan fingerprint density at radius 1 is 1.31 bits per heavy atom. The maximum atomic E-state index is 11.3. The van der Waals surface area contributed by atoms with Crippen LogP contribution in [0.25, 0.3) is 0 Å². The Labute approximate surface area is 75.6 Å². The number of rotatable bonds is 1. The lowest BCUT2D eigenvalue weighted by Gasteiger charge is -1.99. The van der Waals surface area contributed by atoms with Crippen molar-refractivity contribution in [2.45, 2.75) is 0 Å². The van der Waals surface area contributed by atoms with E-state index >= 15 is 0 Å². The fourth-order valence-corrected chi connectivity index (χ4v) is 1.26. The first-order valence-corrected chi connectivity index (χ1v) is 3.97. The van der Waals surface area contributed by atoms with Crippen molar-refractivity contribution in [1.82, 2.24) is 5.12 Å². The summed E-state index contributed by atoms with van der Waals surface area (Å²) in [7, 11) is 0. The van der Waals surface area contributed by atoms with Gasteiger partial charge >= 0.3 is 0 Å². The highest BCUT2D eigenvalue weighted by atomic mass is 16.1. The van der Waals surface area contributed by atoms with E-state index in [4.69, 9.17) is 5.84 Å². The molecule has 0 spiro atoms. The molecule has 1 aromatic rings. The van der Waals surface area contributed by atoms with Crippen LogP contribution in [0.3, 0.4) is 0 Å². The molecule has 4 nitrogen and oxygen atoms in total. The number of ketones is 1. The Hall–Kier alpha value is -1.68. The lowest BCUT2D eigenvalue weighted by atomic mass is 10.1. The fourth-order valence-electron chi connectivity index (χ4n) is 1.26. The molecule has 13 heavy (non-hydrogen) atoms. The minimum Gasteiger partial charge on any atom is -0.290 e. The van der Waals surface area contributed by atoms with E-state index in [1.807, 2.05) is 30.3 Å². The molecule has 2 rings (SSSR count). The number of hydrazone groups is 1. The van der Waals surface area contributed by atoms with Gasteiger partial charge in [-0.15, -0.1) is 0 Å². The molecule has 0 radical (unpaired) electrons. The molecule has 4 heteroatoms. The topological polar surface area (TPSA) is 58.7 Å². The number of benzene rings is 1. The molecule has 0 aromatic heterocycles. The second-order valence-corrected chi connectivity index (χ2v) is 2.84. The highest BCUT2D eigenvalue weighted by molar-refractivity contribution is 6.47. The molecule has 2 N–H and O–H groups in total. The highest BCUT2D eigenvalue weighted by Gasteiger charge is 2.22. The summed E-state index contributed by atoms with van der Waals surface area (Å²) in [4.78, 5) is 11.3. The summed E-state index contributed by atoms with van der Waals surface area (Å²) in [6, 6.07) is 9.31. The van der Waals surface area contributed by atoms with Gasteiger partial charge in [-0.3, -0.25) is 4.79 Å². The summed E-state index contributed by atoms with van der Waals surface area (Å²) in [5, 5.41) is 5.08. The van der Waals surface area contributed by atoms with Crippen molar-refractivity contribution in [2.75, 3.05) is 6.54 Å². The van der Waals surface area contributed by atoms with Gasteiger partial charge in [-0.05, 0) is 0 Å². The molecule has 0 amide bonds. The normalized spacial score (nSPS) is 16.2. The van der Waals surface area contributed by atoms with Gasteiger partial charge < -0.3 is 0 Å². The zero-order valence-electron chi connectivity index (χ0n) is 6.97. The maximum Gasteiger partial charge on any atom is 0.206 e. The SMILES string of the molecule is NN1CC(=O)C(c2ccccc2)=N1. The number of hydrogen-bond acceptors (Lipinski definition) is 4. The maximum absolute atomic E-state index is 11.3. The smallest absolute Gasteiger partial charge is 0.206 e. The molecule has 0 saturated carbocycles. The highest BCUT2D eigenvalue weighted by Crippen LogP contribution is 2.07. The second kappa shape index (κ2) is 2.99. The largest absolute Gasteiger partial charge is 0.290 e. The van der Waals surface area contributed by atoms with Crippen LogP contribution < -0.4 is 5.84 Å². The van der Waals surface area contributed by atoms with Crippen molar-refractivity contribution >= 4 is 11.5 Å². The van der Waals surface area contributed by atoms with Crippen LogP contribution in [0.5, 0.6) is 0 Å². The predicted molar refractivity (Wildman–Crippen MR) is 48.9 cm³/mol. The van der Waals surface area contributed by atoms with Crippen LogP contribution >= 0.6 is 0 Å². The van der Waals surface area contributed by atoms with E-state index in [2.05, 4.69) is 5.10 Å². The molecule has 0 bridgehead atoms. The van der Waals surface area contributed by atoms with Crippen molar-refractivity contribution in [3.05, 3.63) is 35.9 Å². The van der Waals surface area contributed by atoms with Crippen molar-refractivity contribution < 1.29 is 4.79 Å². The number of hydrogen-bond donors (Lipinski definition) is 1. The molecule has 0 aliphatic carbocycles. The lowest BCUT2D eigenvalue weighted by molar-refractivity contribution is -0.112. The van der Waals surface area contributed by atoms with Gasteiger partial charge in [-0.2, -0.15) is 5.10 Å². The zero-order valence-corrected chi connectivity index (χ0v) is 6.97. The molecule has 1 aromatic carbocycles. The number of carbonyl (C=O) groups excluding carboxylic acids is 1. The summed E-state index contributed by atoms with van der Waals surface area (Å²) < 4.78 is 0. The second-order valence-electron chi connectivity index (χ2n) is 2.84. The summed E-state index contributed by atoms with van der Waals surface area (Å²) in [5.41, 5.74) is 1.27. The van der Waals surface area contributed by atoms with Crippen LogP contribution in [0.1, 0.15) is 5.56 Å². The van der Waals surface area contributed by atoms with E-state index < -0.39 is 0 Å². The van der Waals surface area contributed by atoms with Gasteiger partial charge in [0.15, 0.2) is 0 Å².